The van der Waals surface area contributed by atoms with Gasteiger partial charge < -0.3 is 9.84 Å². The van der Waals surface area contributed by atoms with E-state index in [2.05, 4.69) is 6.07 Å². The van der Waals surface area contributed by atoms with Crippen molar-refractivity contribution in [3.63, 3.8) is 0 Å². The van der Waals surface area contributed by atoms with Crippen molar-refractivity contribution in [2.75, 3.05) is 7.11 Å². The highest BCUT2D eigenvalue weighted by atomic mass is 32.2. The molecule has 4 aromatic rings. The molecule has 0 unspecified atom stereocenters. The van der Waals surface area contributed by atoms with Crippen molar-refractivity contribution in [3.8, 4) is 29.0 Å². The van der Waals surface area contributed by atoms with E-state index in [4.69, 9.17) is 4.74 Å². The third kappa shape index (κ3) is 5.33. The molecule has 38 heavy (non-hydrogen) atoms. The molecule has 0 aliphatic rings. The first-order valence-electron chi connectivity index (χ1n) is 11.7. The number of methoxy groups -OCH3 is 1. The quantitative estimate of drug-likeness (QED) is 0.272. The Morgan fingerprint density at radius 3 is 2.37 bits per heavy atom. The molecule has 0 aliphatic carbocycles. The number of rotatable bonds is 6. The van der Waals surface area contributed by atoms with Gasteiger partial charge in [-0.2, -0.15) is 23.7 Å². The number of hydrogen-bond donors (Lipinski definition) is 1. The van der Waals surface area contributed by atoms with E-state index in [9.17, 15) is 28.8 Å². The van der Waals surface area contributed by atoms with Crippen LogP contribution in [-0.2, 0) is 12.8 Å². The van der Waals surface area contributed by atoms with Gasteiger partial charge in [-0.25, -0.2) is 0 Å². The molecule has 1 N–H and O–H groups in total. The Hall–Kier alpha value is -3.98. The van der Waals surface area contributed by atoms with Gasteiger partial charge in [-0.05, 0) is 70.5 Å². The maximum absolute atomic E-state index is 13.6. The summed E-state index contributed by atoms with van der Waals surface area (Å²) in [5, 5.41) is 30.8. The first-order chi connectivity index (χ1) is 18.1. The molecule has 0 spiro atoms. The predicted octanol–water partition coefficient (Wildman–Crippen LogP) is 8.04. The minimum atomic E-state index is -4.57. The molecule has 0 aromatic heterocycles. The Kier molecular flexibility index (Phi) is 7.68. The number of nitrogens with zero attached hydrogens (tertiary/aromatic N) is 2. The lowest BCUT2D eigenvalue weighted by Crippen LogP contribution is -2.05. The van der Waals surface area contributed by atoms with E-state index in [0.29, 0.717) is 27.0 Å². The Morgan fingerprint density at radius 2 is 1.76 bits per heavy atom. The van der Waals surface area contributed by atoms with E-state index >= 15 is 0 Å². The molecule has 0 atom stereocenters. The van der Waals surface area contributed by atoms with Gasteiger partial charge in [0.05, 0.1) is 30.4 Å². The first-order valence-corrected chi connectivity index (χ1v) is 12.5. The van der Waals surface area contributed by atoms with Crippen molar-refractivity contribution in [3.05, 3.63) is 88.5 Å². The first kappa shape index (κ1) is 27.1. The van der Waals surface area contributed by atoms with Gasteiger partial charge >= 0.3 is 6.18 Å². The lowest BCUT2D eigenvalue weighted by molar-refractivity contribution is -0.137. The van der Waals surface area contributed by atoms with E-state index in [0.717, 1.165) is 22.6 Å². The Balaban J connectivity index is 2.11. The molecule has 0 bridgehead atoms. The molecule has 0 aliphatic heterocycles. The van der Waals surface area contributed by atoms with Crippen LogP contribution in [0.25, 0.3) is 21.9 Å². The minimum absolute atomic E-state index is 0.0140. The highest BCUT2D eigenvalue weighted by Crippen LogP contribution is 2.45. The zero-order valence-corrected chi connectivity index (χ0v) is 21.7. The third-order valence-electron chi connectivity index (χ3n) is 6.19. The number of benzene rings is 4. The monoisotopic (exact) mass is 532 g/mol. The van der Waals surface area contributed by atoms with Crippen LogP contribution >= 0.6 is 11.8 Å². The second-order valence-corrected chi connectivity index (χ2v) is 10.1. The lowest BCUT2D eigenvalue weighted by atomic mass is 9.88. The summed E-state index contributed by atoms with van der Waals surface area (Å²) in [6.45, 7) is 3.85. The van der Waals surface area contributed by atoms with Gasteiger partial charge in [-0.3, -0.25) is 0 Å². The third-order valence-corrected chi connectivity index (χ3v) is 7.20. The highest BCUT2D eigenvalue weighted by Gasteiger charge is 2.31. The van der Waals surface area contributed by atoms with Gasteiger partial charge in [0.1, 0.15) is 17.9 Å². The molecule has 4 rings (SSSR count). The summed E-state index contributed by atoms with van der Waals surface area (Å²) in [4.78, 5) is 1.45. The van der Waals surface area contributed by atoms with Crippen LogP contribution in [0.4, 0.5) is 13.2 Å². The SMILES string of the molecule is COc1cc(CO)cc(Sc2cc(C(C)C)cc3cc(C#N)c(C#N)c(-c4cccc(C(F)(F)F)c4)c23)c1. The average molecular weight is 533 g/mol. The molecule has 0 saturated carbocycles. The van der Waals surface area contributed by atoms with Crippen molar-refractivity contribution in [1.29, 1.82) is 10.5 Å². The second-order valence-electron chi connectivity index (χ2n) is 9.03. The summed E-state index contributed by atoms with van der Waals surface area (Å²) in [5.41, 5.74) is 1.33. The molecular formula is C30H23F3N2O2S. The Labute approximate surface area is 222 Å². The number of hydrogen-bond acceptors (Lipinski definition) is 5. The maximum atomic E-state index is 13.6. The molecular weight excluding hydrogens is 509 g/mol. The Morgan fingerprint density at radius 1 is 1.00 bits per heavy atom. The molecule has 0 fully saturated rings. The Bertz CT molecular complexity index is 1590. The van der Waals surface area contributed by atoms with Crippen molar-refractivity contribution in [2.45, 2.75) is 42.3 Å². The van der Waals surface area contributed by atoms with Gasteiger partial charge in [0.25, 0.3) is 0 Å². The average Bonchev–Trinajstić information content (AvgIpc) is 2.90. The van der Waals surface area contributed by atoms with Crippen molar-refractivity contribution in [2.24, 2.45) is 0 Å². The molecule has 192 valence electrons. The van der Waals surface area contributed by atoms with Gasteiger partial charge in [0, 0.05) is 20.7 Å². The number of fused-ring (bicyclic) bond motifs is 1. The lowest BCUT2D eigenvalue weighted by Gasteiger charge is -2.19. The summed E-state index contributed by atoms with van der Waals surface area (Å²) in [6, 6.07) is 19.7. The zero-order chi connectivity index (χ0) is 27.6. The summed E-state index contributed by atoms with van der Waals surface area (Å²) in [6.07, 6.45) is -4.57. The number of nitriles is 2. The number of halogens is 3. The fraction of sp³-hybridized carbons (Fsp3) is 0.200. The van der Waals surface area contributed by atoms with Gasteiger partial charge in [-0.15, -0.1) is 0 Å². The number of aliphatic hydroxyl groups excluding tert-OH is 1. The summed E-state index contributed by atoms with van der Waals surface area (Å²) in [5.74, 6) is 0.668. The zero-order valence-electron chi connectivity index (χ0n) is 20.8. The topological polar surface area (TPSA) is 77.0 Å². The van der Waals surface area contributed by atoms with Crippen molar-refractivity contribution >= 4 is 22.5 Å². The van der Waals surface area contributed by atoms with E-state index in [-0.39, 0.29) is 34.8 Å². The van der Waals surface area contributed by atoms with Crippen LogP contribution in [0.1, 0.15) is 47.6 Å². The fourth-order valence-corrected chi connectivity index (χ4v) is 5.47. The molecule has 4 aromatic carbocycles. The van der Waals surface area contributed by atoms with E-state index in [1.54, 1.807) is 24.3 Å². The van der Waals surface area contributed by atoms with E-state index in [1.807, 2.05) is 32.0 Å². The standard InChI is InChI=1S/C30H23F3N2O2S/c1-17(2)20-9-21-10-22(14-34)26(15-35)28(19-5-4-6-23(11-19)30(31,32)33)29(21)27(12-20)38-25-8-18(16-36)7-24(13-25)37-3/h4-13,17,36H,16H2,1-3H3. The largest absolute Gasteiger partial charge is 0.497 e. The molecule has 0 saturated heterocycles. The van der Waals surface area contributed by atoms with Crippen molar-refractivity contribution < 1.29 is 23.0 Å². The number of ether oxygens (including phenoxy) is 1. The maximum Gasteiger partial charge on any atom is 0.416 e. The fourth-order valence-electron chi connectivity index (χ4n) is 4.31. The van der Waals surface area contributed by atoms with E-state index < -0.39 is 11.7 Å². The summed E-state index contributed by atoms with van der Waals surface area (Å²) < 4.78 is 46.2. The molecule has 4 nitrogen and oxygen atoms in total. The van der Waals surface area contributed by atoms with Gasteiger partial charge in [0.15, 0.2) is 0 Å². The van der Waals surface area contributed by atoms with Crippen LogP contribution in [0.15, 0.2) is 70.5 Å². The predicted molar refractivity (Wildman–Crippen MR) is 141 cm³/mol. The molecule has 8 heteroatoms. The molecule has 0 amide bonds. The summed E-state index contributed by atoms with van der Waals surface area (Å²) in [7, 11) is 1.52. The second kappa shape index (κ2) is 10.8. The van der Waals surface area contributed by atoms with Crippen molar-refractivity contribution in [1.82, 2.24) is 0 Å². The molecule has 0 radical (unpaired) electrons. The van der Waals surface area contributed by atoms with E-state index in [1.165, 1.54) is 31.0 Å². The number of alkyl halides is 3. The van der Waals surface area contributed by atoms with Gasteiger partial charge in [-0.1, -0.05) is 43.8 Å². The van der Waals surface area contributed by atoms with Crippen LogP contribution < -0.4 is 4.74 Å². The van der Waals surface area contributed by atoms with Crippen LogP contribution in [0.5, 0.6) is 5.75 Å². The number of aliphatic hydroxyl groups is 1. The van der Waals surface area contributed by atoms with Crippen LogP contribution in [0.2, 0.25) is 0 Å². The highest BCUT2D eigenvalue weighted by molar-refractivity contribution is 7.99. The summed E-state index contributed by atoms with van der Waals surface area (Å²) >= 11 is 1.35. The molecule has 0 heterocycles. The van der Waals surface area contributed by atoms with Gasteiger partial charge in [0.2, 0.25) is 0 Å². The smallest absolute Gasteiger partial charge is 0.416 e. The van der Waals surface area contributed by atoms with Crippen LogP contribution in [0, 0.1) is 22.7 Å². The normalized spacial score (nSPS) is 11.4. The van der Waals surface area contributed by atoms with Crippen LogP contribution in [0.3, 0.4) is 0 Å². The minimum Gasteiger partial charge on any atom is -0.497 e. The van der Waals surface area contributed by atoms with Crippen LogP contribution in [-0.4, -0.2) is 12.2 Å².